The lowest BCUT2D eigenvalue weighted by Crippen LogP contribution is -2.35. The van der Waals surface area contributed by atoms with E-state index in [0.717, 1.165) is 19.5 Å². The van der Waals surface area contributed by atoms with Crippen molar-refractivity contribution in [1.82, 2.24) is 10.4 Å². The van der Waals surface area contributed by atoms with Crippen LogP contribution in [0.2, 0.25) is 0 Å². The van der Waals surface area contributed by atoms with Gasteiger partial charge in [-0.2, -0.15) is 0 Å². The zero-order chi connectivity index (χ0) is 8.81. The van der Waals surface area contributed by atoms with Crippen LogP contribution in [0.3, 0.4) is 0 Å². The molecular formula is C9H14N2O. The lowest BCUT2D eigenvalue weighted by atomic mass is 10.4. The van der Waals surface area contributed by atoms with Crippen LogP contribution >= 0.6 is 0 Å². The minimum absolute atomic E-state index is 0.0330. The van der Waals surface area contributed by atoms with Gasteiger partial charge in [-0.1, -0.05) is 18.2 Å². The Morgan fingerprint density at radius 1 is 1.50 bits per heavy atom. The van der Waals surface area contributed by atoms with E-state index in [2.05, 4.69) is 5.43 Å². The summed E-state index contributed by atoms with van der Waals surface area (Å²) in [5.41, 5.74) is 2.99. The highest BCUT2D eigenvalue weighted by Crippen LogP contribution is 1.97. The summed E-state index contributed by atoms with van der Waals surface area (Å²) in [6, 6.07) is 0. The first-order valence-electron chi connectivity index (χ1n) is 4.19. The largest absolute Gasteiger partial charge is 0.274 e. The van der Waals surface area contributed by atoms with Gasteiger partial charge in [-0.15, -0.1) is 0 Å². The fraction of sp³-hybridized carbons (Fsp3) is 0.444. The molecule has 3 heteroatoms. The number of nitrogens with zero attached hydrogens (tertiary/aromatic N) is 1. The van der Waals surface area contributed by atoms with Crippen molar-refractivity contribution in [2.24, 2.45) is 0 Å². The van der Waals surface area contributed by atoms with E-state index in [1.807, 2.05) is 19.1 Å². The lowest BCUT2D eigenvalue weighted by Gasteiger charge is -2.11. The van der Waals surface area contributed by atoms with Gasteiger partial charge < -0.3 is 0 Å². The highest BCUT2D eigenvalue weighted by molar-refractivity contribution is 5.87. The predicted octanol–water partition coefficient (Wildman–Crippen LogP) is 0.856. The molecule has 1 rings (SSSR count). The maximum absolute atomic E-state index is 11.3. The Bertz CT molecular complexity index is 203. The van der Waals surface area contributed by atoms with Crippen LogP contribution in [0.15, 0.2) is 24.3 Å². The number of rotatable bonds is 2. The average Bonchev–Trinajstić information content (AvgIpc) is 2.56. The summed E-state index contributed by atoms with van der Waals surface area (Å²) in [5.74, 6) is 0.0330. The molecule has 0 spiro atoms. The highest BCUT2D eigenvalue weighted by atomic mass is 16.2. The summed E-state index contributed by atoms with van der Waals surface area (Å²) >= 11 is 0. The van der Waals surface area contributed by atoms with Crippen molar-refractivity contribution in [3.63, 3.8) is 0 Å². The fourth-order valence-corrected chi connectivity index (χ4v) is 1.06. The van der Waals surface area contributed by atoms with Crippen LogP contribution < -0.4 is 5.43 Å². The molecule has 0 bridgehead atoms. The third kappa shape index (κ3) is 2.51. The van der Waals surface area contributed by atoms with Crippen molar-refractivity contribution < 1.29 is 4.79 Å². The first kappa shape index (κ1) is 9.00. The van der Waals surface area contributed by atoms with Crippen molar-refractivity contribution in [2.75, 3.05) is 13.1 Å². The van der Waals surface area contributed by atoms with Crippen molar-refractivity contribution in [3.8, 4) is 0 Å². The number of hydrogen-bond donors (Lipinski definition) is 1. The summed E-state index contributed by atoms with van der Waals surface area (Å²) < 4.78 is 0. The molecule has 0 atom stereocenters. The van der Waals surface area contributed by atoms with E-state index in [-0.39, 0.29) is 5.91 Å². The number of allylic oxidation sites excluding steroid dienone is 3. The zero-order valence-electron chi connectivity index (χ0n) is 7.29. The maximum atomic E-state index is 11.3. The van der Waals surface area contributed by atoms with Gasteiger partial charge >= 0.3 is 0 Å². The molecule has 1 aliphatic rings. The van der Waals surface area contributed by atoms with Crippen LogP contribution in [0.5, 0.6) is 0 Å². The maximum Gasteiger partial charge on any atom is 0.260 e. The van der Waals surface area contributed by atoms with E-state index >= 15 is 0 Å². The summed E-state index contributed by atoms with van der Waals surface area (Å²) in [6.45, 7) is 3.64. The number of hydrogen-bond acceptors (Lipinski definition) is 2. The van der Waals surface area contributed by atoms with E-state index < -0.39 is 0 Å². The molecule has 1 heterocycles. The minimum atomic E-state index is 0.0330. The predicted molar refractivity (Wildman–Crippen MR) is 48.3 cm³/mol. The molecule has 1 fully saturated rings. The number of carbonyl (C=O) groups is 1. The Kier molecular flexibility index (Phi) is 3.54. The normalized spacial score (nSPS) is 18.2. The molecule has 0 radical (unpaired) electrons. The molecule has 0 aromatic carbocycles. The Balaban J connectivity index is 2.36. The van der Waals surface area contributed by atoms with E-state index in [9.17, 15) is 4.79 Å². The standard InChI is InChI=1S/C9H14N2O/c1-2-3-4-6-9(12)11-8-5-7-10-11/h2-4,6,10H,5,7-8H2,1H3/b3-2+,6-4+. The van der Waals surface area contributed by atoms with Crippen LogP contribution in [0.25, 0.3) is 0 Å². The van der Waals surface area contributed by atoms with Crippen molar-refractivity contribution in [1.29, 1.82) is 0 Å². The Morgan fingerprint density at radius 3 is 2.92 bits per heavy atom. The van der Waals surface area contributed by atoms with E-state index in [0.29, 0.717) is 0 Å². The van der Waals surface area contributed by atoms with Gasteiger partial charge in [-0.3, -0.25) is 9.80 Å². The molecule has 0 aromatic rings. The molecule has 1 N–H and O–H groups in total. The topological polar surface area (TPSA) is 32.3 Å². The summed E-state index contributed by atoms with van der Waals surface area (Å²) in [4.78, 5) is 11.3. The third-order valence-electron chi connectivity index (χ3n) is 1.67. The number of nitrogens with one attached hydrogen (secondary N) is 1. The van der Waals surface area contributed by atoms with Crippen molar-refractivity contribution in [2.45, 2.75) is 13.3 Å². The summed E-state index contributed by atoms with van der Waals surface area (Å²) in [6.07, 6.45) is 8.10. The molecule has 1 amide bonds. The number of amides is 1. The van der Waals surface area contributed by atoms with Gasteiger partial charge in [-0.05, 0) is 13.3 Å². The SMILES string of the molecule is C/C=C/C=C/C(=O)N1CCCN1. The monoisotopic (exact) mass is 166 g/mol. The molecule has 12 heavy (non-hydrogen) atoms. The first-order chi connectivity index (χ1) is 5.84. The molecule has 1 aliphatic heterocycles. The van der Waals surface area contributed by atoms with Crippen molar-refractivity contribution >= 4 is 5.91 Å². The average molecular weight is 166 g/mol. The van der Waals surface area contributed by atoms with Crippen molar-refractivity contribution in [3.05, 3.63) is 24.3 Å². The molecule has 3 nitrogen and oxygen atoms in total. The Labute approximate surface area is 72.7 Å². The van der Waals surface area contributed by atoms with Crippen LogP contribution in [0.1, 0.15) is 13.3 Å². The van der Waals surface area contributed by atoms with Gasteiger partial charge in [0, 0.05) is 19.2 Å². The van der Waals surface area contributed by atoms with Gasteiger partial charge in [0.1, 0.15) is 0 Å². The van der Waals surface area contributed by atoms with Gasteiger partial charge in [0.25, 0.3) is 5.91 Å². The smallest absolute Gasteiger partial charge is 0.260 e. The van der Waals surface area contributed by atoms with Gasteiger partial charge in [0.2, 0.25) is 0 Å². The summed E-state index contributed by atoms with van der Waals surface area (Å²) in [5, 5.41) is 1.64. The molecule has 0 aromatic heterocycles. The van der Waals surface area contributed by atoms with E-state index in [1.54, 1.807) is 17.2 Å². The molecule has 0 unspecified atom stereocenters. The summed E-state index contributed by atoms with van der Waals surface area (Å²) in [7, 11) is 0. The second kappa shape index (κ2) is 4.72. The third-order valence-corrected chi connectivity index (χ3v) is 1.67. The zero-order valence-corrected chi connectivity index (χ0v) is 7.29. The minimum Gasteiger partial charge on any atom is -0.274 e. The second-order valence-corrected chi connectivity index (χ2v) is 2.64. The van der Waals surface area contributed by atoms with Gasteiger partial charge in [0.05, 0.1) is 0 Å². The lowest BCUT2D eigenvalue weighted by molar-refractivity contribution is -0.127. The van der Waals surface area contributed by atoms with Crippen LogP contribution in [-0.2, 0) is 4.79 Å². The fourth-order valence-electron chi connectivity index (χ4n) is 1.06. The Hall–Kier alpha value is -1.09. The van der Waals surface area contributed by atoms with Crippen LogP contribution in [0, 0.1) is 0 Å². The van der Waals surface area contributed by atoms with Crippen LogP contribution in [0.4, 0.5) is 0 Å². The van der Waals surface area contributed by atoms with E-state index in [4.69, 9.17) is 0 Å². The quantitative estimate of drug-likeness (QED) is 0.487. The first-order valence-corrected chi connectivity index (χ1v) is 4.19. The second-order valence-electron chi connectivity index (χ2n) is 2.64. The highest BCUT2D eigenvalue weighted by Gasteiger charge is 2.13. The number of carbonyl (C=O) groups excluding carboxylic acids is 1. The molecular weight excluding hydrogens is 152 g/mol. The molecule has 1 saturated heterocycles. The number of hydrazine groups is 1. The van der Waals surface area contributed by atoms with E-state index in [1.165, 1.54) is 0 Å². The van der Waals surface area contributed by atoms with Gasteiger partial charge in [-0.25, -0.2) is 5.43 Å². The Morgan fingerprint density at radius 2 is 2.33 bits per heavy atom. The van der Waals surface area contributed by atoms with Crippen LogP contribution in [-0.4, -0.2) is 24.0 Å². The molecule has 0 aliphatic carbocycles. The molecule has 66 valence electrons. The van der Waals surface area contributed by atoms with Gasteiger partial charge in [0.15, 0.2) is 0 Å². The molecule has 0 saturated carbocycles.